The second-order valence-corrected chi connectivity index (χ2v) is 6.88. The first kappa shape index (κ1) is 20.7. The maximum Gasteiger partial charge on any atom is 0.191 e. The lowest BCUT2D eigenvalue weighted by molar-refractivity contribution is 0.145. The molecule has 0 fully saturated rings. The molecule has 0 spiro atoms. The van der Waals surface area contributed by atoms with Gasteiger partial charge in [-0.25, -0.2) is 4.99 Å². The zero-order chi connectivity index (χ0) is 20.5. The zero-order valence-corrected chi connectivity index (χ0v) is 17.4. The van der Waals surface area contributed by atoms with Crippen LogP contribution in [0.4, 0.5) is 0 Å². The quantitative estimate of drug-likeness (QED) is 0.294. The van der Waals surface area contributed by atoms with Crippen molar-refractivity contribution in [1.29, 1.82) is 0 Å². The average Bonchev–Trinajstić information content (AvgIpc) is 3.14. The molecule has 0 bridgehead atoms. The molecular formula is C23H30N4O2. The number of hydrogen-bond acceptors (Lipinski definition) is 3. The highest BCUT2D eigenvalue weighted by Gasteiger charge is 2.06. The number of nitrogens with one attached hydrogen (secondary N) is 3. The number of guanidine groups is 1. The second-order valence-electron chi connectivity index (χ2n) is 6.88. The second kappa shape index (κ2) is 10.5. The highest BCUT2D eigenvalue weighted by atomic mass is 16.5. The first-order chi connectivity index (χ1) is 14.2. The fourth-order valence-corrected chi connectivity index (χ4v) is 3.08. The van der Waals surface area contributed by atoms with Gasteiger partial charge in [0.05, 0.1) is 19.7 Å². The average molecular weight is 395 g/mol. The number of benzene rings is 2. The molecule has 0 aliphatic rings. The summed E-state index contributed by atoms with van der Waals surface area (Å²) < 4.78 is 11.0. The largest absolute Gasteiger partial charge is 0.491 e. The number of nitrogens with zero attached hydrogens (tertiary/aromatic N) is 1. The van der Waals surface area contributed by atoms with Crippen molar-refractivity contribution < 1.29 is 9.47 Å². The van der Waals surface area contributed by atoms with Crippen molar-refractivity contribution in [2.75, 3.05) is 26.9 Å². The van der Waals surface area contributed by atoms with Crippen LogP contribution in [0.15, 0.2) is 53.5 Å². The van der Waals surface area contributed by atoms with E-state index in [0.29, 0.717) is 26.3 Å². The van der Waals surface area contributed by atoms with Crippen LogP contribution in [0.25, 0.3) is 10.9 Å². The molecule has 0 aliphatic heterocycles. The fraction of sp³-hybridized carbons (Fsp3) is 0.348. The van der Waals surface area contributed by atoms with E-state index >= 15 is 0 Å². The monoisotopic (exact) mass is 394 g/mol. The zero-order valence-electron chi connectivity index (χ0n) is 17.4. The van der Waals surface area contributed by atoms with E-state index in [9.17, 15) is 0 Å². The number of ether oxygens (including phenoxy) is 2. The van der Waals surface area contributed by atoms with E-state index in [4.69, 9.17) is 14.5 Å². The smallest absolute Gasteiger partial charge is 0.191 e. The summed E-state index contributed by atoms with van der Waals surface area (Å²) in [5, 5.41) is 7.91. The Labute approximate surface area is 172 Å². The van der Waals surface area contributed by atoms with Crippen molar-refractivity contribution in [2.24, 2.45) is 4.99 Å². The van der Waals surface area contributed by atoms with Gasteiger partial charge in [-0.05, 0) is 43.0 Å². The lowest BCUT2D eigenvalue weighted by Gasteiger charge is -2.13. The Balaban J connectivity index is 1.67. The molecule has 3 N–H and O–H groups in total. The van der Waals surface area contributed by atoms with Crippen LogP contribution in [-0.4, -0.2) is 37.8 Å². The third-order valence-corrected chi connectivity index (χ3v) is 4.55. The third-order valence-electron chi connectivity index (χ3n) is 4.55. The van der Waals surface area contributed by atoms with Gasteiger partial charge >= 0.3 is 0 Å². The van der Waals surface area contributed by atoms with Crippen LogP contribution in [-0.2, 0) is 17.8 Å². The Morgan fingerprint density at radius 1 is 1.07 bits per heavy atom. The van der Waals surface area contributed by atoms with Crippen molar-refractivity contribution in [3.05, 3.63) is 65.4 Å². The molecule has 3 aromatic rings. The van der Waals surface area contributed by atoms with E-state index < -0.39 is 0 Å². The SMILES string of the molecule is CCNC(=NCc1ccc(C)cc1OCCOC)NCc1cc2ccccc2[nH]1. The van der Waals surface area contributed by atoms with Crippen LogP contribution in [0, 0.1) is 6.92 Å². The summed E-state index contributed by atoms with van der Waals surface area (Å²) in [5.74, 6) is 1.63. The fourth-order valence-electron chi connectivity index (χ4n) is 3.08. The van der Waals surface area contributed by atoms with Crippen LogP contribution in [0.3, 0.4) is 0 Å². The first-order valence-electron chi connectivity index (χ1n) is 9.99. The van der Waals surface area contributed by atoms with Crippen molar-refractivity contribution in [1.82, 2.24) is 15.6 Å². The molecule has 2 aromatic carbocycles. The van der Waals surface area contributed by atoms with Crippen LogP contribution in [0.5, 0.6) is 5.75 Å². The molecule has 0 aliphatic carbocycles. The molecule has 1 heterocycles. The minimum atomic E-state index is 0.523. The summed E-state index contributed by atoms with van der Waals surface area (Å²) in [6.45, 7) is 7.20. The number of aliphatic imine (C=N–C) groups is 1. The van der Waals surface area contributed by atoms with Gasteiger partial charge < -0.3 is 25.1 Å². The number of aromatic amines is 1. The van der Waals surface area contributed by atoms with Crippen molar-refractivity contribution in [2.45, 2.75) is 26.9 Å². The number of H-pyrrole nitrogens is 1. The van der Waals surface area contributed by atoms with Crippen molar-refractivity contribution >= 4 is 16.9 Å². The highest BCUT2D eigenvalue weighted by molar-refractivity contribution is 5.81. The molecule has 6 heteroatoms. The summed E-state index contributed by atoms with van der Waals surface area (Å²) in [5.41, 5.74) is 4.47. The standard InChI is InChI=1S/C23H30N4O2/c1-4-24-23(26-16-20-14-18-7-5-6-8-21(18)27-20)25-15-19-10-9-17(2)13-22(19)29-12-11-28-3/h5-10,13-14,27H,4,11-12,15-16H2,1-3H3,(H2,24,25,26). The van der Waals surface area contributed by atoms with Crippen LogP contribution >= 0.6 is 0 Å². The van der Waals surface area contributed by atoms with Gasteiger partial charge in [-0.2, -0.15) is 0 Å². The molecule has 0 saturated carbocycles. The summed E-state index contributed by atoms with van der Waals surface area (Å²) in [7, 11) is 1.67. The van der Waals surface area contributed by atoms with Crippen LogP contribution in [0.1, 0.15) is 23.7 Å². The molecule has 154 valence electrons. The number of para-hydroxylation sites is 1. The van der Waals surface area contributed by atoms with Gasteiger partial charge in [0.1, 0.15) is 12.4 Å². The van der Waals surface area contributed by atoms with Gasteiger partial charge in [0.15, 0.2) is 5.96 Å². The van der Waals surface area contributed by atoms with Crippen molar-refractivity contribution in [3.63, 3.8) is 0 Å². The molecule has 3 rings (SSSR count). The topological polar surface area (TPSA) is 70.7 Å². The number of aromatic nitrogens is 1. The summed E-state index contributed by atoms with van der Waals surface area (Å²) in [4.78, 5) is 8.17. The minimum absolute atomic E-state index is 0.523. The van der Waals surface area contributed by atoms with Gasteiger partial charge in [0, 0.05) is 30.4 Å². The molecule has 0 atom stereocenters. The molecule has 0 saturated heterocycles. The Hall–Kier alpha value is -2.99. The molecule has 0 amide bonds. The van der Waals surface area contributed by atoms with E-state index in [1.54, 1.807) is 7.11 Å². The maximum atomic E-state index is 5.87. The predicted octanol–water partition coefficient (Wildman–Crippen LogP) is 3.76. The molecule has 1 aromatic heterocycles. The van der Waals surface area contributed by atoms with Gasteiger partial charge in [-0.3, -0.25) is 0 Å². The third kappa shape index (κ3) is 5.99. The van der Waals surface area contributed by atoms with Crippen LogP contribution in [0.2, 0.25) is 0 Å². The maximum absolute atomic E-state index is 5.87. The molecule has 29 heavy (non-hydrogen) atoms. The lowest BCUT2D eigenvalue weighted by atomic mass is 10.1. The Morgan fingerprint density at radius 3 is 2.72 bits per heavy atom. The number of aryl methyl sites for hydroxylation is 1. The first-order valence-corrected chi connectivity index (χ1v) is 9.99. The van der Waals surface area contributed by atoms with Crippen LogP contribution < -0.4 is 15.4 Å². The molecule has 0 unspecified atom stereocenters. The van der Waals surface area contributed by atoms with Gasteiger partial charge in [0.2, 0.25) is 0 Å². The Kier molecular flexibility index (Phi) is 7.53. The number of hydrogen-bond donors (Lipinski definition) is 3. The Morgan fingerprint density at radius 2 is 1.93 bits per heavy atom. The lowest BCUT2D eigenvalue weighted by Crippen LogP contribution is -2.36. The normalized spacial score (nSPS) is 11.6. The summed E-state index contributed by atoms with van der Waals surface area (Å²) >= 11 is 0. The number of rotatable bonds is 9. The van der Waals surface area contributed by atoms with Gasteiger partial charge in [-0.15, -0.1) is 0 Å². The van der Waals surface area contributed by atoms with E-state index in [2.05, 4.69) is 59.8 Å². The minimum Gasteiger partial charge on any atom is -0.491 e. The predicted molar refractivity (Wildman–Crippen MR) is 119 cm³/mol. The van der Waals surface area contributed by atoms with E-state index in [1.165, 1.54) is 5.39 Å². The summed E-state index contributed by atoms with van der Waals surface area (Å²) in [6.07, 6.45) is 0. The van der Waals surface area contributed by atoms with Crippen molar-refractivity contribution in [3.8, 4) is 5.75 Å². The van der Waals surface area contributed by atoms with Gasteiger partial charge in [-0.1, -0.05) is 30.3 Å². The Bertz CT molecular complexity index is 916. The molecule has 6 nitrogen and oxygen atoms in total. The van der Waals surface area contributed by atoms with E-state index in [0.717, 1.165) is 40.6 Å². The molecular weight excluding hydrogens is 364 g/mol. The van der Waals surface area contributed by atoms with Gasteiger partial charge in [0.25, 0.3) is 0 Å². The number of methoxy groups -OCH3 is 1. The number of fused-ring (bicyclic) bond motifs is 1. The summed E-state index contributed by atoms with van der Waals surface area (Å²) in [6, 6.07) is 16.6. The van der Waals surface area contributed by atoms with E-state index in [-0.39, 0.29) is 0 Å². The highest BCUT2D eigenvalue weighted by Crippen LogP contribution is 2.21. The van der Waals surface area contributed by atoms with E-state index in [1.807, 2.05) is 18.2 Å². The molecule has 0 radical (unpaired) electrons.